The number of hydrogen-bond acceptors (Lipinski definition) is 14. The first-order valence-corrected chi connectivity index (χ1v) is 16.3. The maximum Gasteiger partial charge on any atom is 0.514 e. The number of rotatable bonds is 8. The van der Waals surface area contributed by atoms with Crippen molar-refractivity contribution in [3.05, 3.63) is 35.1 Å². The first kappa shape index (κ1) is 36.1. The predicted molar refractivity (Wildman–Crippen MR) is 169 cm³/mol. The van der Waals surface area contributed by atoms with E-state index < -0.39 is 77.0 Å². The third-order valence-electron chi connectivity index (χ3n) is 9.11. The van der Waals surface area contributed by atoms with Crippen LogP contribution in [0.4, 0.5) is 4.79 Å². The van der Waals surface area contributed by atoms with E-state index in [9.17, 15) is 29.1 Å². The van der Waals surface area contributed by atoms with E-state index in [1.807, 2.05) is 13.1 Å². The molecule has 0 unspecified atom stereocenters. The van der Waals surface area contributed by atoms with Gasteiger partial charge in [0.1, 0.15) is 17.0 Å². The van der Waals surface area contributed by atoms with Crippen LogP contribution in [0.3, 0.4) is 0 Å². The normalized spacial score (nSPS) is 26.5. The molecule has 1 aromatic carbocycles. The van der Waals surface area contributed by atoms with E-state index in [0.29, 0.717) is 24.9 Å². The van der Waals surface area contributed by atoms with Gasteiger partial charge in [-0.3, -0.25) is 9.59 Å². The molecule has 0 amide bonds. The fourth-order valence-electron chi connectivity index (χ4n) is 7.25. The molecule has 0 radical (unpaired) electrons. The zero-order valence-electron chi connectivity index (χ0n) is 29.4. The average molecular weight is 688 g/mol. The van der Waals surface area contributed by atoms with Gasteiger partial charge in [0.15, 0.2) is 23.7 Å². The zero-order chi connectivity index (χ0) is 36.3. The summed E-state index contributed by atoms with van der Waals surface area (Å²) < 4.78 is 38.8. The molecular weight excluding hydrogens is 642 g/mol. The number of benzene rings is 1. The molecule has 1 aromatic rings. The molecule has 5 rings (SSSR count). The summed E-state index contributed by atoms with van der Waals surface area (Å²) >= 11 is 0. The van der Waals surface area contributed by atoms with Crippen LogP contribution in [0.1, 0.15) is 85.8 Å². The molecule has 2 heterocycles. The lowest BCUT2D eigenvalue weighted by Gasteiger charge is -2.61. The lowest BCUT2D eigenvalue weighted by atomic mass is 9.50. The number of carbonyl (C=O) groups excluding carboxylic acids is 5. The topological polar surface area (TPSA) is 173 Å². The van der Waals surface area contributed by atoms with Crippen LogP contribution in [-0.2, 0) is 54.7 Å². The van der Waals surface area contributed by atoms with Gasteiger partial charge in [-0.1, -0.05) is 6.07 Å². The molecule has 6 atom stereocenters. The van der Waals surface area contributed by atoms with Crippen LogP contribution in [-0.4, -0.2) is 94.8 Å². The van der Waals surface area contributed by atoms with Crippen molar-refractivity contribution in [3.8, 4) is 11.5 Å². The van der Waals surface area contributed by atoms with Gasteiger partial charge in [-0.25, -0.2) is 14.4 Å². The van der Waals surface area contributed by atoms with Crippen molar-refractivity contribution in [2.24, 2.45) is 0 Å². The van der Waals surface area contributed by atoms with Gasteiger partial charge in [0.2, 0.25) is 6.10 Å². The van der Waals surface area contributed by atoms with Crippen molar-refractivity contribution in [3.63, 3.8) is 0 Å². The van der Waals surface area contributed by atoms with Gasteiger partial charge in [0.25, 0.3) is 0 Å². The summed E-state index contributed by atoms with van der Waals surface area (Å²) in [6, 6.07) is 3.21. The smallest absolute Gasteiger partial charge is 0.477 e. The number of hydrogen-bond donors (Lipinski definition) is 1. The van der Waals surface area contributed by atoms with Gasteiger partial charge in [0, 0.05) is 24.9 Å². The molecule has 1 N–H and O–H groups in total. The third-order valence-corrected chi connectivity index (χ3v) is 9.11. The average Bonchev–Trinajstić information content (AvgIpc) is 3.31. The Morgan fingerprint density at radius 3 is 2.31 bits per heavy atom. The Labute approximate surface area is 284 Å². The number of ether oxygens (including phenoxy) is 7. The van der Waals surface area contributed by atoms with E-state index in [1.54, 1.807) is 53.7 Å². The summed E-state index contributed by atoms with van der Waals surface area (Å²) in [5.41, 5.74) is -2.46. The third kappa shape index (κ3) is 6.85. The molecule has 268 valence electrons. The van der Waals surface area contributed by atoms with Crippen molar-refractivity contribution in [2.45, 2.75) is 128 Å². The highest BCUT2D eigenvalue weighted by molar-refractivity contribution is 5.86. The van der Waals surface area contributed by atoms with Gasteiger partial charge in [-0.05, 0) is 92.6 Å². The van der Waals surface area contributed by atoms with Crippen LogP contribution in [0, 0.1) is 0 Å². The fourth-order valence-corrected chi connectivity index (χ4v) is 7.25. The van der Waals surface area contributed by atoms with E-state index in [-0.39, 0.29) is 29.7 Å². The lowest BCUT2D eigenvalue weighted by molar-refractivity contribution is -0.181. The Bertz CT molecular complexity index is 1590. The summed E-state index contributed by atoms with van der Waals surface area (Å²) in [7, 11) is 1.95. The highest BCUT2D eigenvalue weighted by Gasteiger charge is 2.72. The molecule has 0 aromatic heterocycles. The van der Waals surface area contributed by atoms with E-state index in [2.05, 4.69) is 4.90 Å². The van der Waals surface area contributed by atoms with Crippen LogP contribution in [0.15, 0.2) is 24.0 Å². The van der Waals surface area contributed by atoms with Crippen LogP contribution in [0.2, 0.25) is 0 Å². The molecule has 2 aliphatic heterocycles. The fraction of sp³-hybridized carbons (Fsp3) is 0.629. The van der Waals surface area contributed by atoms with Crippen LogP contribution in [0.25, 0.3) is 0 Å². The van der Waals surface area contributed by atoms with Crippen molar-refractivity contribution < 1.29 is 62.2 Å². The first-order valence-electron chi connectivity index (χ1n) is 16.3. The minimum absolute atomic E-state index is 0.108. The SMILES string of the molecule is CC(=O)O[C@@H](CC(=O)O[C@@H](C)C(=O)OC1=CC[C@@]2(O)[C@@H]3Cc4ccc(OC(=O)OC(C)(C)C)c5c4[C@@]2(CCN3C)[C@H]1O5)C(=O)OC(C)(C)C. The second kappa shape index (κ2) is 12.6. The maximum absolute atomic E-state index is 13.4. The maximum atomic E-state index is 13.4. The number of piperidine rings is 1. The number of likely N-dealkylation sites (N-methyl/N-ethyl adjacent to an activating group) is 1. The zero-order valence-corrected chi connectivity index (χ0v) is 29.4. The Morgan fingerprint density at radius 1 is 1.00 bits per heavy atom. The van der Waals surface area contributed by atoms with Gasteiger partial charge in [-0.2, -0.15) is 0 Å². The van der Waals surface area contributed by atoms with Crippen LogP contribution in [0.5, 0.6) is 11.5 Å². The molecule has 2 bridgehead atoms. The van der Waals surface area contributed by atoms with Crippen LogP contribution < -0.4 is 9.47 Å². The number of esters is 4. The number of aliphatic hydroxyl groups is 1. The molecule has 1 saturated heterocycles. The van der Waals surface area contributed by atoms with Gasteiger partial charge in [0.05, 0.1) is 17.4 Å². The Kier molecular flexibility index (Phi) is 9.30. The van der Waals surface area contributed by atoms with Crippen LogP contribution >= 0.6 is 0 Å². The first-order chi connectivity index (χ1) is 22.6. The Morgan fingerprint density at radius 2 is 1.67 bits per heavy atom. The summed E-state index contributed by atoms with van der Waals surface area (Å²) in [5, 5.41) is 12.5. The Balaban J connectivity index is 1.37. The molecule has 4 aliphatic rings. The minimum atomic E-state index is -1.58. The molecular formula is C35H45NO13. The highest BCUT2D eigenvalue weighted by atomic mass is 16.7. The van der Waals surface area contributed by atoms with E-state index in [0.717, 1.165) is 12.5 Å². The molecule has 1 fully saturated rings. The molecule has 2 aliphatic carbocycles. The molecule has 0 saturated carbocycles. The number of nitrogens with zero attached hydrogens (tertiary/aromatic N) is 1. The minimum Gasteiger partial charge on any atom is -0.477 e. The van der Waals surface area contributed by atoms with E-state index in [4.69, 9.17) is 33.2 Å². The predicted octanol–water partition coefficient (Wildman–Crippen LogP) is 3.42. The largest absolute Gasteiger partial charge is 0.514 e. The van der Waals surface area contributed by atoms with Crippen molar-refractivity contribution >= 4 is 30.0 Å². The summed E-state index contributed by atoms with van der Waals surface area (Å²) in [4.78, 5) is 65.1. The lowest BCUT2D eigenvalue weighted by Crippen LogP contribution is -2.74. The quantitative estimate of drug-likeness (QED) is 0.239. The monoisotopic (exact) mass is 687 g/mol. The standard InChI is InChI=1S/C35H45NO13/c1-18(43-25(38)17-23(44-19(2)37)30(40)48-32(3,4)5)29(39)45-22-12-13-35(42)24-16-20-10-11-21(46-31(41)49-33(6,7)8)27-26(20)34(35,28(22)47-27)14-15-36(24)9/h10-12,18,23-24,28,42H,13-17H2,1-9H3/t18-,23-,24-,28-,34-,35+/m0/s1. The van der Waals surface area contributed by atoms with Gasteiger partial charge >= 0.3 is 30.0 Å². The number of carbonyl (C=O) groups is 5. The summed E-state index contributed by atoms with van der Waals surface area (Å²) in [5.74, 6) is -3.21. The highest BCUT2D eigenvalue weighted by Crippen LogP contribution is 2.65. The van der Waals surface area contributed by atoms with E-state index >= 15 is 0 Å². The number of likely N-dealkylation sites (tertiary alicyclic amines) is 1. The van der Waals surface area contributed by atoms with Crippen molar-refractivity contribution in [1.82, 2.24) is 4.90 Å². The molecule has 49 heavy (non-hydrogen) atoms. The van der Waals surface area contributed by atoms with Gasteiger partial charge < -0.3 is 43.2 Å². The molecule has 14 nitrogen and oxygen atoms in total. The second-order valence-corrected chi connectivity index (χ2v) is 15.0. The second-order valence-electron chi connectivity index (χ2n) is 15.0. The van der Waals surface area contributed by atoms with Crippen molar-refractivity contribution in [1.29, 1.82) is 0 Å². The summed E-state index contributed by atoms with van der Waals surface area (Å²) in [6.07, 6.45) is -2.91. The van der Waals surface area contributed by atoms with Gasteiger partial charge in [-0.15, -0.1) is 0 Å². The Hall–Kier alpha value is -4.17. The van der Waals surface area contributed by atoms with E-state index in [1.165, 1.54) is 6.92 Å². The molecule has 1 spiro atoms. The van der Waals surface area contributed by atoms with Crippen molar-refractivity contribution in [2.75, 3.05) is 13.6 Å². The molecule has 14 heteroatoms. The summed E-state index contributed by atoms with van der Waals surface area (Å²) in [6.45, 7) is 13.0.